The van der Waals surface area contributed by atoms with Gasteiger partial charge in [0.25, 0.3) is 17.4 Å². The van der Waals surface area contributed by atoms with E-state index in [0.717, 1.165) is 0 Å². The van der Waals surface area contributed by atoms with Crippen LogP contribution in [0, 0.1) is 5.92 Å². The van der Waals surface area contributed by atoms with Gasteiger partial charge in [-0.05, 0) is 30.2 Å². The fraction of sp³-hybridized carbons (Fsp3) is 0.304. The van der Waals surface area contributed by atoms with Crippen LogP contribution in [-0.4, -0.2) is 41.9 Å². The lowest BCUT2D eigenvalue weighted by Crippen LogP contribution is -2.29. The number of carbonyl (C=O) groups is 2. The summed E-state index contributed by atoms with van der Waals surface area (Å²) in [7, 11) is 1.55. The maximum Gasteiger partial charge on any atom is 0.276 e. The fourth-order valence-corrected chi connectivity index (χ4v) is 3.47. The van der Waals surface area contributed by atoms with Crippen LogP contribution in [0.25, 0.3) is 10.8 Å². The Bertz CT molecular complexity index is 1210. The number of ether oxygens (including phenoxy) is 1. The zero-order chi connectivity index (χ0) is 23.3. The molecule has 2 amide bonds. The van der Waals surface area contributed by atoms with E-state index in [1.807, 2.05) is 13.8 Å². The van der Waals surface area contributed by atoms with E-state index in [9.17, 15) is 14.4 Å². The smallest absolute Gasteiger partial charge is 0.276 e. The lowest BCUT2D eigenvalue weighted by Gasteiger charge is -2.13. The minimum Gasteiger partial charge on any atom is -0.383 e. The molecule has 0 radical (unpaired) electrons. The number of halogens is 1. The van der Waals surface area contributed by atoms with E-state index in [-0.39, 0.29) is 33.7 Å². The Morgan fingerprint density at radius 2 is 1.84 bits per heavy atom. The summed E-state index contributed by atoms with van der Waals surface area (Å²) >= 11 is 6.26. The highest BCUT2D eigenvalue weighted by molar-refractivity contribution is 6.34. The third-order valence-electron chi connectivity index (χ3n) is 4.68. The predicted octanol–water partition coefficient (Wildman–Crippen LogP) is 3.33. The van der Waals surface area contributed by atoms with Crippen molar-refractivity contribution in [2.24, 2.45) is 5.92 Å². The number of anilines is 1. The van der Waals surface area contributed by atoms with Gasteiger partial charge in [-0.3, -0.25) is 14.4 Å². The highest BCUT2D eigenvalue weighted by atomic mass is 35.5. The summed E-state index contributed by atoms with van der Waals surface area (Å²) in [5.74, 6) is -0.635. The molecule has 8 nitrogen and oxygen atoms in total. The van der Waals surface area contributed by atoms with E-state index in [2.05, 4.69) is 15.7 Å². The van der Waals surface area contributed by atoms with E-state index in [1.54, 1.807) is 37.4 Å². The number of fused-ring (bicyclic) bond motifs is 1. The molecule has 3 aromatic rings. The quantitative estimate of drug-likeness (QED) is 0.506. The van der Waals surface area contributed by atoms with Crippen molar-refractivity contribution < 1.29 is 14.3 Å². The average Bonchev–Trinajstić information content (AvgIpc) is 2.75. The van der Waals surface area contributed by atoms with Crippen LogP contribution in [0.3, 0.4) is 0 Å². The molecule has 3 rings (SSSR count). The predicted molar refractivity (Wildman–Crippen MR) is 124 cm³/mol. The van der Waals surface area contributed by atoms with Gasteiger partial charge < -0.3 is 15.4 Å². The van der Waals surface area contributed by atoms with Crippen molar-refractivity contribution in [2.45, 2.75) is 20.4 Å². The molecule has 1 aromatic heterocycles. The summed E-state index contributed by atoms with van der Waals surface area (Å²) in [6, 6.07) is 11.5. The number of benzene rings is 2. The second kappa shape index (κ2) is 10.4. The summed E-state index contributed by atoms with van der Waals surface area (Å²) < 4.78 is 6.23. The summed E-state index contributed by atoms with van der Waals surface area (Å²) in [6.07, 6.45) is 0. The van der Waals surface area contributed by atoms with Gasteiger partial charge in [0.15, 0.2) is 5.69 Å². The van der Waals surface area contributed by atoms with Gasteiger partial charge in [-0.25, -0.2) is 4.68 Å². The number of methoxy groups -OCH3 is 1. The van der Waals surface area contributed by atoms with Crippen LogP contribution in [0.4, 0.5) is 5.69 Å². The Morgan fingerprint density at radius 1 is 1.12 bits per heavy atom. The molecule has 0 saturated carbocycles. The number of aromatic nitrogens is 2. The van der Waals surface area contributed by atoms with Crippen LogP contribution < -0.4 is 16.2 Å². The van der Waals surface area contributed by atoms with Crippen molar-refractivity contribution >= 4 is 39.9 Å². The standard InChI is InChI=1S/C23H25ClN4O4/c1-14(2)13-28-23(31)17-7-5-4-6-16(17)20(27-28)22(30)26-15-8-9-18(19(24)12-15)21(29)25-10-11-32-3/h4-9,12,14H,10-11,13H2,1-3H3,(H,25,29)(H,26,30). The number of nitrogens with one attached hydrogen (secondary N) is 2. The highest BCUT2D eigenvalue weighted by Crippen LogP contribution is 2.22. The van der Waals surface area contributed by atoms with Crippen molar-refractivity contribution in [3.63, 3.8) is 0 Å². The maximum atomic E-state index is 13.1. The Labute approximate surface area is 190 Å². The first kappa shape index (κ1) is 23.4. The number of carbonyl (C=O) groups excluding carboxylic acids is 2. The molecule has 0 saturated heterocycles. The lowest BCUT2D eigenvalue weighted by molar-refractivity contribution is 0.0936. The van der Waals surface area contributed by atoms with Crippen LogP contribution in [0.1, 0.15) is 34.7 Å². The minimum absolute atomic E-state index is 0.137. The van der Waals surface area contributed by atoms with Crippen molar-refractivity contribution in [3.05, 3.63) is 69.1 Å². The van der Waals surface area contributed by atoms with Gasteiger partial charge in [-0.15, -0.1) is 0 Å². The highest BCUT2D eigenvalue weighted by Gasteiger charge is 2.18. The van der Waals surface area contributed by atoms with Gasteiger partial charge in [0.2, 0.25) is 0 Å². The molecule has 168 valence electrons. The molecular weight excluding hydrogens is 432 g/mol. The van der Waals surface area contributed by atoms with Gasteiger partial charge >= 0.3 is 0 Å². The first-order chi connectivity index (χ1) is 15.3. The Balaban J connectivity index is 1.89. The second-order valence-corrected chi connectivity index (χ2v) is 8.08. The van der Waals surface area contributed by atoms with Gasteiger partial charge in [0.1, 0.15) is 0 Å². The first-order valence-corrected chi connectivity index (χ1v) is 10.6. The lowest BCUT2D eigenvalue weighted by atomic mass is 10.1. The Kier molecular flexibility index (Phi) is 7.61. The summed E-state index contributed by atoms with van der Waals surface area (Å²) in [5.41, 5.74) is 0.590. The first-order valence-electron chi connectivity index (χ1n) is 10.2. The largest absolute Gasteiger partial charge is 0.383 e. The maximum absolute atomic E-state index is 13.1. The van der Waals surface area contributed by atoms with Crippen molar-refractivity contribution in [1.29, 1.82) is 0 Å². The van der Waals surface area contributed by atoms with E-state index in [1.165, 1.54) is 16.8 Å². The van der Waals surface area contributed by atoms with Crippen LogP contribution in [0.15, 0.2) is 47.3 Å². The molecule has 0 fully saturated rings. The Hall–Kier alpha value is -3.23. The molecule has 0 atom stereocenters. The molecule has 0 aliphatic rings. The van der Waals surface area contributed by atoms with Gasteiger partial charge in [0, 0.05) is 31.3 Å². The number of amides is 2. The number of rotatable bonds is 8. The molecule has 1 heterocycles. The Morgan fingerprint density at radius 3 is 2.50 bits per heavy atom. The van der Waals surface area contributed by atoms with E-state index < -0.39 is 5.91 Å². The average molecular weight is 457 g/mol. The molecule has 9 heteroatoms. The van der Waals surface area contributed by atoms with Crippen LogP contribution >= 0.6 is 11.6 Å². The fourth-order valence-electron chi connectivity index (χ4n) is 3.20. The zero-order valence-electron chi connectivity index (χ0n) is 18.1. The summed E-state index contributed by atoms with van der Waals surface area (Å²) in [4.78, 5) is 38.0. The van der Waals surface area contributed by atoms with Gasteiger partial charge in [-0.2, -0.15) is 5.10 Å². The molecular formula is C23H25ClN4O4. The van der Waals surface area contributed by atoms with Gasteiger partial charge in [0.05, 0.1) is 22.6 Å². The number of hydrogen-bond donors (Lipinski definition) is 2. The van der Waals surface area contributed by atoms with E-state index in [4.69, 9.17) is 16.3 Å². The molecule has 2 N–H and O–H groups in total. The third-order valence-corrected chi connectivity index (χ3v) is 5.00. The van der Waals surface area contributed by atoms with Crippen molar-refractivity contribution in [3.8, 4) is 0 Å². The second-order valence-electron chi connectivity index (χ2n) is 7.67. The van der Waals surface area contributed by atoms with E-state index >= 15 is 0 Å². The molecule has 32 heavy (non-hydrogen) atoms. The third kappa shape index (κ3) is 5.33. The zero-order valence-corrected chi connectivity index (χ0v) is 18.9. The molecule has 2 aromatic carbocycles. The van der Waals surface area contributed by atoms with Crippen LogP contribution in [0.2, 0.25) is 5.02 Å². The molecule has 0 spiro atoms. The van der Waals surface area contributed by atoms with E-state index in [0.29, 0.717) is 36.2 Å². The van der Waals surface area contributed by atoms with Crippen LogP contribution in [-0.2, 0) is 11.3 Å². The molecule has 0 unspecified atom stereocenters. The van der Waals surface area contributed by atoms with Crippen molar-refractivity contribution in [2.75, 3.05) is 25.6 Å². The monoisotopic (exact) mass is 456 g/mol. The normalized spacial score (nSPS) is 11.0. The SMILES string of the molecule is COCCNC(=O)c1ccc(NC(=O)c2nn(CC(C)C)c(=O)c3ccccc23)cc1Cl. The minimum atomic E-state index is -0.480. The number of nitrogens with zero attached hydrogens (tertiary/aromatic N) is 2. The summed E-state index contributed by atoms with van der Waals surface area (Å²) in [5, 5.41) is 10.9. The number of hydrogen-bond acceptors (Lipinski definition) is 5. The van der Waals surface area contributed by atoms with Crippen LogP contribution in [0.5, 0.6) is 0 Å². The topological polar surface area (TPSA) is 102 Å². The molecule has 0 aliphatic heterocycles. The van der Waals surface area contributed by atoms with Gasteiger partial charge in [-0.1, -0.05) is 43.6 Å². The van der Waals surface area contributed by atoms with Crippen molar-refractivity contribution in [1.82, 2.24) is 15.1 Å². The summed E-state index contributed by atoms with van der Waals surface area (Å²) in [6.45, 7) is 5.07. The molecule has 0 bridgehead atoms. The molecule has 0 aliphatic carbocycles.